The SMILES string of the molecule is O=C([O-])c1nc2cc(Cl)c3cccnc3c2o1.[Na+]. The van der Waals surface area contributed by atoms with Gasteiger partial charge < -0.3 is 14.3 Å². The molecule has 0 aliphatic rings. The molecule has 0 N–H and O–H groups in total. The summed E-state index contributed by atoms with van der Waals surface area (Å²) in [5.41, 5.74) is 1.12. The van der Waals surface area contributed by atoms with Crippen LogP contribution in [0.3, 0.4) is 0 Å². The summed E-state index contributed by atoms with van der Waals surface area (Å²) in [5.74, 6) is -1.95. The topological polar surface area (TPSA) is 79.0 Å². The zero-order valence-corrected chi connectivity index (χ0v) is 12.1. The third-order valence-electron chi connectivity index (χ3n) is 2.37. The van der Waals surface area contributed by atoms with Crippen molar-refractivity contribution in [1.29, 1.82) is 0 Å². The molecule has 0 aliphatic heterocycles. The van der Waals surface area contributed by atoms with Gasteiger partial charge in [0.2, 0.25) is 5.89 Å². The number of carboxylic acids is 1. The van der Waals surface area contributed by atoms with E-state index < -0.39 is 11.9 Å². The largest absolute Gasteiger partial charge is 1.00 e. The van der Waals surface area contributed by atoms with Crippen LogP contribution in [0.5, 0.6) is 0 Å². The zero-order valence-electron chi connectivity index (χ0n) is 9.31. The Morgan fingerprint density at radius 1 is 1.44 bits per heavy atom. The van der Waals surface area contributed by atoms with E-state index in [1.54, 1.807) is 18.3 Å². The number of pyridine rings is 1. The number of rotatable bonds is 1. The molecule has 0 spiro atoms. The average molecular weight is 271 g/mol. The Balaban J connectivity index is 0.00000120. The molecule has 1 aromatic carbocycles. The van der Waals surface area contributed by atoms with Crippen LogP contribution in [0, 0.1) is 0 Å². The summed E-state index contributed by atoms with van der Waals surface area (Å²) >= 11 is 6.04. The Labute approximate surface area is 128 Å². The number of aromatic carboxylic acids is 1. The van der Waals surface area contributed by atoms with E-state index in [1.807, 2.05) is 0 Å². The summed E-state index contributed by atoms with van der Waals surface area (Å²) in [4.78, 5) is 18.6. The number of fused-ring (bicyclic) bond motifs is 3. The molecule has 0 atom stereocenters. The fourth-order valence-corrected chi connectivity index (χ4v) is 1.92. The van der Waals surface area contributed by atoms with Crippen molar-refractivity contribution in [3.05, 3.63) is 35.3 Å². The summed E-state index contributed by atoms with van der Waals surface area (Å²) in [6, 6.07) is 5.04. The van der Waals surface area contributed by atoms with Gasteiger partial charge in [-0.3, -0.25) is 4.98 Å². The molecule has 7 heteroatoms. The van der Waals surface area contributed by atoms with E-state index in [9.17, 15) is 9.90 Å². The van der Waals surface area contributed by atoms with Crippen molar-refractivity contribution in [3.63, 3.8) is 0 Å². The number of carbonyl (C=O) groups is 1. The van der Waals surface area contributed by atoms with Gasteiger partial charge in [-0.15, -0.1) is 0 Å². The van der Waals surface area contributed by atoms with Crippen LogP contribution in [0.2, 0.25) is 5.02 Å². The quantitative estimate of drug-likeness (QED) is 0.498. The number of hydrogen-bond donors (Lipinski definition) is 0. The molecule has 3 rings (SSSR count). The van der Waals surface area contributed by atoms with Crippen molar-refractivity contribution < 1.29 is 43.9 Å². The van der Waals surface area contributed by atoms with E-state index in [1.165, 1.54) is 6.07 Å². The first kappa shape index (κ1) is 13.3. The molecule has 3 aromatic rings. The molecule has 5 nitrogen and oxygen atoms in total. The first-order valence-electron chi connectivity index (χ1n) is 4.72. The third-order valence-corrected chi connectivity index (χ3v) is 2.68. The number of oxazole rings is 1. The summed E-state index contributed by atoms with van der Waals surface area (Å²) in [6.07, 6.45) is 1.57. The van der Waals surface area contributed by atoms with Crippen LogP contribution in [-0.2, 0) is 0 Å². The fourth-order valence-electron chi connectivity index (χ4n) is 1.66. The van der Waals surface area contributed by atoms with E-state index in [2.05, 4.69) is 9.97 Å². The van der Waals surface area contributed by atoms with E-state index in [0.717, 1.165) is 0 Å². The molecular weight excluding hydrogens is 267 g/mol. The molecule has 0 radical (unpaired) electrons. The van der Waals surface area contributed by atoms with Gasteiger partial charge >= 0.3 is 29.6 Å². The van der Waals surface area contributed by atoms with Crippen molar-refractivity contribution in [3.8, 4) is 0 Å². The normalized spacial score (nSPS) is 10.5. The minimum Gasteiger partial charge on any atom is -0.540 e. The van der Waals surface area contributed by atoms with Crippen LogP contribution in [-0.4, -0.2) is 15.9 Å². The van der Waals surface area contributed by atoms with E-state index in [0.29, 0.717) is 27.0 Å². The molecule has 84 valence electrons. The fraction of sp³-hybridized carbons (Fsp3) is 0. The van der Waals surface area contributed by atoms with Crippen LogP contribution < -0.4 is 34.7 Å². The second kappa shape index (κ2) is 4.85. The Kier molecular flexibility index (Phi) is 3.59. The van der Waals surface area contributed by atoms with E-state index in [4.69, 9.17) is 16.0 Å². The van der Waals surface area contributed by atoms with Gasteiger partial charge in [0.1, 0.15) is 17.0 Å². The molecule has 2 aromatic heterocycles. The molecular formula is C11H4ClN2NaO3. The molecule has 18 heavy (non-hydrogen) atoms. The summed E-state index contributed by atoms with van der Waals surface area (Å²) < 4.78 is 5.10. The van der Waals surface area contributed by atoms with Gasteiger partial charge in [0.15, 0.2) is 5.58 Å². The van der Waals surface area contributed by atoms with E-state index >= 15 is 0 Å². The van der Waals surface area contributed by atoms with Crippen molar-refractivity contribution in [1.82, 2.24) is 9.97 Å². The molecule has 0 saturated heterocycles. The number of aromatic nitrogens is 2. The third kappa shape index (κ3) is 1.99. The maximum atomic E-state index is 10.7. The number of benzene rings is 1. The Morgan fingerprint density at radius 3 is 2.94 bits per heavy atom. The number of carboxylic acid groups (broad SMARTS) is 1. The van der Waals surface area contributed by atoms with Gasteiger partial charge in [-0.2, -0.15) is 0 Å². The zero-order chi connectivity index (χ0) is 12.0. The van der Waals surface area contributed by atoms with Crippen molar-refractivity contribution >= 4 is 39.6 Å². The van der Waals surface area contributed by atoms with Crippen LogP contribution in [0.4, 0.5) is 0 Å². The van der Waals surface area contributed by atoms with Crippen molar-refractivity contribution in [2.75, 3.05) is 0 Å². The van der Waals surface area contributed by atoms with Gasteiger partial charge in [-0.1, -0.05) is 11.6 Å². The second-order valence-electron chi connectivity index (χ2n) is 3.41. The molecule has 0 bridgehead atoms. The standard InChI is InChI=1S/C11H5ClN2O3.Na/c12-6-4-7-9(17-10(14-7)11(15)16)8-5(6)2-1-3-13-8;/h1-4H,(H,15,16);/q;+1/p-1. The number of halogens is 1. The Bertz CT molecular complexity index is 756. The number of carbonyl (C=O) groups excluding carboxylic acids is 1. The van der Waals surface area contributed by atoms with E-state index in [-0.39, 0.29) is 29.6 Å². The second-order valence-corrected chi connectivity index (χ2v) is 3.82. The first-order valence-corrected chi connectivity index (χ1v) is 5.10. The maximum Gasteiger partial charge on any atom is 1.00 e. The van der Waals surface area contributed by atoms with Crippen molar-refractivity contribution in [2.45, 2.75) is 0 Å². The van der Waals surface area contributed by atoms with Crippen molar-refractivity contribution in [2.24, 2.45) is 0 Å². The molecule has 0 fully saturated rings. The van der Waals surface area contributed by atoms with Gasteiger partial charge in [0.25, 0.3) is 0 Å². The molecule has 0 unspecified atom stereocenters. The van der Waals surface area contributed by atoms with Gasteiger partial charge in [-0.25, -0.2) is 4.98 Å². The van der Waals surface area contributed by atoms with Gasteiger partial charge in [-0.05, 0) is 18.2 Å². The summed E-state index contributed by atoms with van der Waals surface area (Å²) in [7, 11) is 0. The Hall–Kier alpha value is -1.14. The van der Waals surface area contributed by atoms with Crippen LogP contribution in [0.15, 0.2) is 28.8 Å². The molecule has 0 saturated carbocycles. The maximum absolute atomic E-state index is 10.7. The monoisotopic (exact) mass is 270 g/mol. The van der Waals surface area contributed by atoms with Crippen LogP contribution >= 0.6 is 11.6 Å². The summed E-state index contributed by atoms with van der Waals surface area (Å²) in [5, 5.41) is 11.8. The molecule has 0 amide bonds. The minimum atomic E-state index is -1.47. The predicted molar refractivity (Wildman–Crippen MR) is 58.7 cm³/mol. The predicted octanol–water partition coefficient (Wildman–Crippen LogP) is -1.60. The number of nitrogens with zero attached hydrogens (tertiary/aromatic N) is 2. The van der Waals surface area contributed by atoms with Crippen LogP contribution in [0.25, 0.3) is 22.0 Å². The minimum absolute atomic E-state index is 0. The first-order chi connectivity index (χ1) is 8.16. The average Bonchev–Trinajstić information content (AvgIpc) is 2.73. The smallest absolute Gasteiger partial charge is 0.540 e. The number of hydrogen-bond acceptors (Lipinski definition) is 5. The summed E-state index contributed by atoms with van der Waals surface area (Å²) in [6.45, 7) is 0. The van der Waals surface area contributed by atoms with Crippen LogP contribution in [0.1, 0.15) is 10.7 Å². The Morgan fingerprint density at radius 2 is 2.22 bits per heavy atom. The molecule has 2 heterocycles. The molecule has 0 aliphatic carbocycles. The van der Waals surface area contributed by atoms with Gasteiger partial charge in [0, 0.05) is 11.6 Å². The van der Waals surface area contributed by atoms with Gasteiger partial charge in [0.05, 0.1) is 5.02 Å².